The van der Waals surface area contributed by atoms with Gasteiger partial charge in [0.1, 0.15) is 11.5 Å². The number of nitriles is 1. The summed E-state index contributed by atoms with van der Waals surface area (Å²) < 4.78 is 10.4. The number of rotatable bonds is 3. The van der Waals surface area contributed by atoms with E-state index in [0.717, 1.165) is 11.1 Å². The fraction of sp³-hybridized carbons (Fsp3) is 0.364. The van der Waals surface area contributed by atoms with E-state index in [2.05, 4.69) is 6.07 Å². The predicted molar refractivity (Wildman–Crippen MR) is 53.6 cm³/mol. The molecular weight excluding hydrogens is 178 g/mol. The molecule has 74 valence electrons. The van der Waals surface area contributed by atoms with Crippen molar-refractivity contribution in [3.05, 3.63) is 23.3 Å². The summed E-state index contributed by atoms with van der Waals surface area (Å²) in [5, 5.41) is 8.67. The first-order valence-corrected chi connectivity index (χ1v) is 4.31. The van der Waals surface area contributed by atoms with E-state index >= 15 is 0 Å². The summed E-state index contributed by atoms with van der Waals surface area (Å²) in [6.07, 6.45) is 0.298. The van der Waals surface area contributed by atoms with Crippen molar-refractivity contribution in [3.8, 4) is 17.6 Å². The molecule has 0 heterocycles. The zero-order valence-electron chi connectivity index (χ0n) is 8.63. The van der Waals surface area contributed by atoms with Crippen molar-refractivity contribution < 1.29 is 9.47 Å². The van der Waals surface area contributed by atoms with Crippen molar-refractivity contribution in [2.45, 2.75) is 13.3 Å². The Balaban J connectivity index is 3.26. The predicted octanol–water partition coefficient (Wildman–Crippen LogP) is 2.08. The smallest absolute Gasteiger partial charge is 0.127 e. The molecule has 0 aliphatic carbocycles. The van der Waals surface area contributed by atoms with E-state index in [1.807, 2.05) is 19.1 Å². The van der Waals surface area contributed by atoms with Crippen molar-refractivity contribution >= 4 is 0 Å². The van der Waals surface area contributed by atoms with Crippen LogP contribution in [-0.4, -0.2) is 14.2 Å². The molecule has 0 fully saturated rings. The number of aryl methyl sites for hydroxylation is 1. The lowest BCUT2D eigenvalue weighted by molar-refractivity contribution is 0.387. The second-order valence-electron chi connectivity index (χ2n) is 2.98. The molecule has 3 nitrogen and oxygen atoms in total. The van der Waals surface area contributed by atoms with Crippen LogP contribution in [0.2, 0.25) is 0 Å². The Kier molecular flexibility index (Phi) is 3.35. The number of methoxy groups -OCH3 is 2. The van der Waals surface area contributed by atoms with Gasteiger partial charge in [-0.2, -0.15) is 5.26 Å². The minimum atomic E-state index is 0.298. The fourth-order valence-electron chi connectivity index (χ4n) is 1.37. The Morgan fingerprint density at radius 3 is 2.07 bits per heavy atom. The molecule has 0 aromatic heterocycles. The first kappa shape index (κ1) is 10.4. The molecule has 0 aliphatic heterocycles. The second kappa shape index (κ2) is 4.52. The van der Waals surface area contributed by atoms with Crippen molar-refractivity contribution in [3.63, 3.8) is 0 Å². The van der Waals surface area contributed by atoms with Crippen LogP contribution in [-0.2, 0) is 6.42 Å². The highest BCUT2D eigenvalue weighted by atomic mass is 16.5. The lowest BCUT2D eigenvalue weighted by Gasteiger charge is -2.11. The zero-order valence-corrected chi connectivity index (χ0v) is 8.63. The van der Waals surface area contributed by atoms with Crippen LogP contribution in [0.4, 0.5) is 0 Å². The molecule has 0 amide bonds. The normalized spacial score (nSPS) is 9.29. The summed E-state index contributed by atoms with van der Waals surface area (Å²) in [7, 11) is 3.18. The molecule has 0 N–H and O–H groups in total. The molecule has 0 bridgehead atoms. The number of benzene rings is 1. The van der Waals surface area contributed by atoms with Gasteiger partial charge in [0.05, 0.1) is 32.3 Å². The largest absolute Gasteiger partial charge is 0.496 e. The summed E-state index contributed by atoms with van der Waals surface area (Å²) in [4.78, 5) is 0. The summed E-state index contributed by atoms with van der Waals surface area (Å²) in [6.45, 7) is 1.96. The number of ether oxygens (including phenoxy) is 2. The van der Waals surface area contributed by atoms with Gasteiger partial charge in [-0.15, -0.1) is 0 Å². The molecule has 0 spiro atoms. The van der Waals surface area contributed by atoms with Gasteiger partial charge >= 0.3 is 0 Å². The Morgan fingerprint density at radius 1 is 1.21 bits per heavy atom. The van der Waals surface area contributed by atoms with Crippen molar-refractivity contribution in [2.24, 2.45) is 0 Å². The molecule has 1 rings (SSSR count). The molecule has 0 aliphatic rings. The number of hydrogen-bond donors (Lipinski definition) is 0. The van der Waals surface area contributed by atoms with Crippen molar-refractivity contribution in [1.29, 1.82) is 5.26 Å². The first-order chi connectivity index (χ1) is 6.72. The molecule has 3 heteroatoms. The third-order valence-corrected chi connectivity index (χ3v) is 2.01. The summed E-state index contributed by atoms with van der Waals surface area (Å²) in [6, 6.07) is 5.89. The molecule has 1 aromatic carbocycles. The van der Waals surface area contributed by atoms with Gasteiger partial charge in [0.2, 0.25) is 0 Å². The topological polar surface area (TPSA) is 42.2 Å². The van der Waals surface area contributed by atoms with Crippen LogP contribution in [0.15, 0.2) is 12.1 Å². The maximum absolute atomic E-state index is 8.67. The number of hydrogen-bond acceptors (Lipinski definition) is 3. The molecule has 0 saturated carbocycles. The lowest BCUT2D eigenvalue weighted by atomic mass is 10.1. The van der Waals surface area contributed by atoms with Crippen LogP contribution in [0.3, 0.4) is 0 Å². The summed E-state index contributed by atoms with van der Waals surface area (Å²) >= 11 is 0. The van der Waals surface area contributed by atoms with E-state index in [9.17, 15) is 0 Å². The molecule has 14 heavy (non-hydrogen) atoms. The molecular formula is C11H13NO2. The molecule has 0 saturated heterocycles. The highest BCUT2D eigenvalue weighted by Crippen LogP contribution is 2.30. The maximum Gasteiger partial charge on any atom is 0.127 e. The Bertz CT molecular complexity index is 341. The summed E-state index contributed by atoms with van der Waals surface area (Å²) in [5.74, 6) is 1.42. The number of nitrogens with zero attached hydrogens (tertiary/aromatic N) is 1. The van der Waals surface area contributed by atoms with Gasteiger partial charge in [-0.05, 0) is 24.6 Å². The van der Waals surface area contributed by atoms with Gasteiger partial charge in [0.25, 0.3) is 0 Å². The maximum atomic E-state index is 8.67. The van der Waals surface area contributed by atoms with E-state index in [1.165, 1.54) is 0 Å². The standard InChI is InChI=1S/C11H13NO2/c1-8-6-10(13-2)9(4-5-12)11(7-8)14-3/h6-7H,4H2,1-3H3. The van der Waals surface area contributed by atoms with Crippen LogP contribution in [0, 0.1) is 18.3 Å². The highest BCUT2D eigenvalue weighted by molar-refractivity contribution is 5.49. The van der Waals surface area contributed by atoms with Crippen LogP contribution in [0.5, 0.6) is 11.5 Å². The van der Waals surface area contributed by atoms with Gasteiger partial charge < -0.3 is 9.47 Å². The lowest BCUT2D eigenvalue weighted by Crippen LogP contribution is -1.97. The quantitative estimate of drug-likeness (QED) is 0.734. The van der Waals surface area contributed by atoms with E-state index in [1.54, 1.807) is 14.2 Å². The van der Waals surface area contributed by atoms with Gasteiger partial charge in [-0.3, -0.25) is 0 Å². The van der Waals surface area contributed by atoms with E-state index in [0.29, 0.717) is 17.9 Å². The fourth-order valence-corrected chi connectivity index (χ4v) is 1.37. The molecule has 0 radical (unpaired) electrons. The van der Waals surface area contributed by atoms with Gasteiger partial charge in [-0.1, -0.05) is 0 Å². The zero-order chi connectivity index (χ0) is 10.6. The minimum Gasteiger partial charge on any atom is -0.496 e. The van der Waals surface area contributed by atoms with Crippen LogP contribution >= 0.6 is 0 Å². The molecule has 0 unspecified atom stereocenters. The van der Waals surface area contributed by atoms with Crippen molar-refractivity contribution in [2.75, 3.05) is 14.2 Å². The van der Waals surface area contributed by atoms with Gasteiger partial charge in [0, 0.05) is 0 Å². The minimum absolute atomic E-state index is 0.298. The van der Waals surface area contributed by atoms with E-state index in [-0.39, 0.29) is 0 Å². The van der Waals surface area contributed by atoms with Gasteiger partial charge in [-0.25, -0.2) is 0 Å². The Labute approximate surface area is 83.9 Å². The molecule has 0 atom stereocenters. The highest BCUT2D eigenvalue weighted by Gasteiger charge is 2.10. The third-order valence-electron chi connectivity index (χ3n) is 2.01. The van der Waals surface area contributed by atoms with Crippen LogP contribution in [0.1, 0.15) is 11.1 Å². The van der Waals surface area contributed by atoms with Gasteiger partial charge in [0.15, 0.2) is 0 Å². The average Bonchev–Trinajstić information content (AvgIpc) is 2.20. The monoisotopic (exact) mass is 191 g/mol. The van der Waals surface area contributed by atoms with Crippen molar-refractivity contribution in [1.82, 2.24) is 0 Å². The van der Waals surface area contributed by atoms with E-state index in [4.69, 9.17) is 14.7 Å². The average molecular weight is 191 g/mol. The molecule has 1 aromatic rings. The second-order valence-corrected chi connectivity index (χ2v) is 2.98. The SMILES string of the molecule is COc1cc(C)cc(OC)c1CC#N. The third kappa shape index (κ3) is 1.97. The first-order valence-electron chi connectivity index (χ1n) is 4.31. The van der Waals surface area contributed by atoms with Crippen LogP contribution < -0.4 is 9.47 Å². The van der Waals surface area contributed by atoms with E-state index < -0.39 is 0 Å². The summed E-state index contributed by atoms with van der Waals surface area (Å²) in [5.41, 5.74) is 1.86. The Hall–Kier alpha value is -1.69. The Morgan fingerprint density at radius 2 is 1.71 bits per heavy atom. The van der Waals surface area contributed by atoms with Crippen LogP contribution in [0.25, 0.3) is 0 Å².